The van der Waals surface area contributed by atoms with Gasteiger partial charge in [0.25, 0.3) is 5.91 Å². The van der Waals surface area contributed by atoms with E-state index < -0.39 is 17.2 Å². The number of hydrogen-bond donors (Lipinski definition) is 1. The number of hydrogen-bond acceptors (Lipinski definition) is 5. The molecule has 1 aliphatic heterocycles. The van der Waals surface area contributed by atoms with Crippen LogP contribution < -0.4 is 15.1 Å². The fourth-order valence-electron chi connectivity index (χ4n) is 4.12. The highest BCUT2D eigenvalue weighted by Gasteiger charge is 2.25. The molecule has 0 spiro atoms. The predicted octanol–water partition coefficient (Wildman–Crippen LogP) is 2.83. The largest absolute Gasteiger partial charge is 0.497 e. The number of anilines is 1. The van der Waals surface area contributed by atoms with Crippen molar-refractivity contribution in [1.82, 2.24) is 9.47 Å². The Labute approximate surface area is 189 Å². The molecule has 4 rings (SSSR count). The Morgan fingerprint density at radius 2 is 1.76 bits per heavy atom. The second-order valence-electron chi connectivity index (χ2n) is 7.79. The Bertz CT molecular complexity index is 1280. The average molecular weight is 453 g/mol. The number of benzene rings is 2. The van der Waals surface area contributed by atoms with Gasteiger partial charge in [-0.15, -0.1) is 0 Å². The van der Waals surface area contributed by atoms with Crippen molar-refractivity contribution in [3.8, 4) is 5.75 Å². The van der Waals surface area contributed by atoms with Crippen molar-refractivity contribution in [3.05, 3.63) is 69.8 Å². The average Bonchev–Trinajstić information content (AvgIpc) is 2.84. The van der Waals surface area contributed by atoms with Gasteiger partial charge in [0.15, 0.2) is 0 Å². The van der Waals surface area contributed by atoms with Gasteiger partial charge in [-0.05, 0) is 43.3 Å². The number of pyridine rings is 1. The highest BCUT2D eigenvalue weighted by atomic mass is 19.1. The van der Waals surface area contributed by atoms with E-state index in [-0.39, 0.29) is 16.9 Å². The lowest BCUT2D eigenvalue weighted by Crippen LogP contribution is -2.49. The zero-order chi connectivity index (χ0) is 23.7. The molecule has 1 aliphatic rings. The number of piperazine rings is 1. The van der Waals surface area contributed by atoms with E-state index in [4.69, 9.17) is 4.74 Å². The summed E-state index contributed by atoms with van der Waals surface area (Å²) in [5.74, 6) is -1.37. The molecule has 0 atom stereocenters. The van der Waals surface area contributed by atoms with Crippen LogP contribution in [0.3, 0.4) is 0 Å². The van der Waals surface area contributed by atoms with Crippen LogP contribution >= 0.6 is 0 Å². The first kappa shape index (κ1) is 22.3. The minimum absolute atomic E-state index is 0.0336. The number of nitrogens with zero attached hydrogens (tertiary/aromatic N) is 3. The summed E-state index contributed by atoms with van der Waals surface area (Å²) in [6, 6.07) is 9.59. The molecule has 1 aromatic heterocycles. The van der Waals surface area contributed by atoms with Crippen LogP contribution in [-0.4, -0.2) is 59.7 Å². The van der Waals surface area contributed by atoms with E-state index in [0.717, 1.165) is 6.07 Å². The van der Waals surface area contributed by atoms with Crippen molar-refractivity contribution < 1.29 is 23.8 Å². The molecule has 1 N–H and O–H groups in total. The number of methoxy groups -OCH3 is 1. The van der Waals surface area contributed by atoms with Gasteiger partial charge in [-0.25, -0.2) is 9.18 Å². The fraction of sp³-hybridized carbons (Fsp3) is 0.292. The number of carbonyl (C=O) groups excluding carboxylic acids is 1. The molecule has 0 saturated carbocycles. The summed E-state index contributed by atoms with van der Waals surface area (Å²) in [7, 11) is 1.56. The minimum Gasteiger partial charge on any atom is -0.497 e. The van der Waals surface area contributed by atoms with Crippen molar-refractivity contribution in [1.29, 1.82) is 0 Å². The molecule has 0 aliphatic carbocycles. The van der Waals surface area contributed by atoms with E-state index in [9.17, 15) is 19.5 Å². The van der Waals surface area contributed by atoms with E-state index in [2.05, 4.69) is 0 Å². The van der Waals surface area contributed by atoms with Crippen LogP contribution in [0.4, 0.5) is 10.1 Å². The van der Waals surface area contributed by atoms with Crippen molar-refractivity contribution >= 4 is 28.5 Å². The molecule has 3 aromatic rings. The zero-order valence-electron chi connectivity index (χ0n) is 18.4. The van der Waals surface area contributed by atoms with E-state index in [1.807, 2.05) is 11.8 Å². The quantitative estimate of drug-likeness (QED) is 0.639. The van der Waals surface area contributed by atoms with E-state index in [0.29, 0.717) is 55.2 Å². The van der Waals surface area contributed by atoms with Gasteiger partial charge in [0.05, 0.1) is 18.3 Å². The molecule has 1 saturated heterocycles. The van der Waals surface area contributed by atoms with E-state index in [1.54, 1.807) is 46.9 Å². The molecule has 1 fully saturated rings. The first-order chi connectivity index (χ1) is 15.8. The highest BCUT2D eigenvalue weighted by molar-refractivity contribution is 5.95. The van der Waals surface area contributed by atoms with Crippen molar-refractivity contribution in [2.45, 2.75) is 13.5 Å². The second-order valence-corrected chi connectivity index (χ2v) is 7.79. The molecule has 0 radical (unpaired) electrons. The van der Waals surface area contributed by atoms with Crippen LogP contribution in [0, 0.1) is 5.82 Å². The first-order valence-electron chi connectivity index (χ1n) is 10.6. The third-order valence-electron chi connectivity index (χ3n) is 5.96. The molecule has 2 heterocycles. The summed E-state index contributed by atoms with van der Waals surface area (Å²) in [5.41, 5.74) is 0.261. The number of aromatic nitrogens is 1. The number of fused-ring (bicyclic) bond motifs is 1. The number of carboxylic acid groups (broad SMARTS) is 1. The summed E-state index contributed by atoms with van der Waals surface area (Å²) >= 11 is 0. The molecular formula is C24H24FN3O5. The van der Waals surface area contributed by atoms with Crippen LogP contribution in [0.5, 0.6) is 5.75 Å². The maximum atomic E-state index is 15.0. The van der Waals surface area contributed by atoms with Crippen molar-refractivity contribution in [2.24, 2.45) is 0 Å². The lowest BCUT2D eigenvalue weighted by molar-refractivity contribution is 0.0693. The van der Waals surface area contributed by atoms with Crippen LogP contribution in [0.25, 0.3) is 10.9 Å². The lowest BCUT2D eigenvalue weighted by Gasteiger charge is -2.36. The standard InChI is InChI=1S/C24H24FN3O5/c1-3-26-14-18(24(31)32)22(29)17-12-19(25)21(13-20(17)26)27-8-10-28(11-9-27)23(30)15-4-6-16(33-2)7-5-15/h4-7,12-14H,3,8-11H2,1-2H3,(H,31,32). The van der Waals surface area contributed by atoms with Gasteiger partial charge in [0, 0.05) is 49.9 Å². The molecular weight excluding hydrogens is 429 g/mol. The summed E-state index contributed by atoms with van der Waals surface area (Å²) in [6.45, 7) is 3.93. The molecule has 33 heavy (non-hydrogen) atoms. The highest BCUT2D eigenvalue weighted by Crippen LogP contribution is 2.27. The van der Waals surface area contributed by atoms with Crippen molar-refractivity contribution in [3.63, 3.8) is 0 Å². The SMILES string of the molecule is CCn1cc(C(=O)O)c(=O)c2cc(F)c(N3CCN(C(=O)c4ccc(OC)cc4)CC3)cc21. The van der Waals surface area contributed by atoms with E-state index in [1.165, 1.54) is 6.20 Å². The normalized spacial score (nSPS) is 13.9. The number of aryl methyl sites for hydroxylation is 1. The molecule has 9 heteroatoms. The van der Waals surface area contributed by atoms with Gasteiger partial charge in [-0.1, -0.05) is 0 Å². The number of halogens is 1. The van der Waals surface area contributed by atoms with E-state index >= 15 is 4.39 Å². The van der Waals surface area contributed by atoms with Gasteiger partial charge in [0.1, 0.15) is 17.1 Å². The van der Waals surface area contributed by atoms with Crippen LogP contribution in [0.1, 0.15) is 27.6 Å². The van der Waals surface area contributed by atoms with Gasteiger partial charge in [0.2, 0.25) is 5.43 Å². The molecule has 0 unspecified atom stereocenters. The molecule has 172 valence electrons. The second kappa shape index (κ2) is 8.93. The summed E-state index contributed by atoms with van der Waals surface area (Å²) in [4.78, 5) is 40.3. The summed E-state index contributed by atoms with van der Waals surface area (Å²) in [6.07, 6.45) is 1.29. The van der Waals surface area contributed by atoms with Crippen LogP contribution in [0.2, 0.25) is 0 Å². The molecule has 1 amide bonds. The number of amides is 1. The molecule has 8 nitrogen and oxygen atoms in total. The van der Waals surface area contributed by atoms with Gasteiger partial charge >= 0.3 is 5.97 Å². The maximum Gasteiger partial charge on any atom is 0.341 e. The first-order valence-corrected chi connectivity index (χ1v) is 10.6. The number of carboxylic acids is 1. The summed E-state index contributed by atoms with van der Waals surface area (Å²) in [5, 5.41) is 9.33. The summed E-state index contributed by atoms with van der Waals surface area (Å²) < 4.78 is 21.8. The Morgan fingerprint density at radius 1 is 1.09 bits per heavy atom. The lowest BCUT2D eigenvalue weighted by atomic mass is 10.1. The van der Waals surface area contributed by atoms with Gasteiger partial charge in [-0.3, -0.25) is 9.59 Å². The number of aromatic carboxylic acids is 1. The number of carbonyl (C=O) groups is 2. The predicted molar refractivity (Wildman–Crippen MR) is 122 cm³/mol. The zero-order valence-corrected chi connectivity index (χ0v) is 18.4. The molecule has 0 bridgehead atoms. The van der Waals surface area contributed by atoms with Crippen LogP contribution in [-0.2, 0) is 6.54 Å². The monoisotopic (exact) mass is 453 g/mol. The number of rotatable bonds is 5. The maximum absolute atomic E-state index is 15.0. The van der Waals surface area contributed by atoms with Crippen molar-refractivity contribution in [2.75, 3.05) is 38.2 Å². The molecule has 2 aromatic carbocycles. The smallest absolute Gasteiger partial charge is 0.341 e. The van der Waals surface area contributed by atoms with Crippen LogP contribution in [0.15, 0.2) is 47.4 Å². The Morgan fingerprint density at radius 3 is 2.33 bits per heavy atom. The third kappa shape index (κ3) is 4.13. The third-order valence-corrected chi connectivity index (χ3v) is 5.96. The van der Waals surface area contributed by atoms with Gasteiger partial charge in [-0.2, -0.15) is 0 Å². The van der Waals surface area contributed by atoms with Gasteiger partial charge < -0.3 is 24.2 Å². The Balaban J connectivity index is 1.58. The fourth-order valence-corrected chi connectivity index (χ4v) is 4.12. The Hall–Kier alpha value is -3.88. The number of ether oxygens (including phenoxy) is 1. The minimum atomic E-state index is -1.34. The topological polar surface area (TPSA) is 92.1 Å². The Kier molecular flexibility index (Phi) is 6.04.